The predicted octanol–water partition coefficient (Wildman–Crippen LogP) is 1.64. The Hall–Kier alpha value is -2.28. The molecule has 0 saturated carbocycles. The van der Waals surface area contributed by atoms with Crippen molar-refractivity contribution in [2.75, 3.05) is 10.5 Å². The van der Waals surface area contributed by atoms with Gasteiger partial charge in [-0.2, -0.15) is 0 Å². The van der Waals surface area contributed by atoms with Gasteiger partial charge in [-0.25, -0.2) is 8.42 Å². The predicted molar refractivity (Wildman–Crippen MR) is 82.7 cm³/mol. The molecule has 1 aromatic heterocycles. The van der Waals surface area contributed by atoms with E-state index in [2.05, 4.69) is 4.72 Å². The van der Waals surface area contributed by atoms with Crippen LogP contribution in [0.5, 0.6) is 0 Å². The number of anilines is 2. The van der Waals surface area contributed by atoms with Crippen LogP contribution in [0.3, 0.4) is 0 Å². The molecular formula is C14H17N3O3S. The highest BCUT2D eigenvalue weighted by Crippen LogP contribution is 2.20. The van der Waals surface area contributed by atoms with Crippen LogP contribution in [-0.4, -0.2) is 13.0 Å². The second-order valence-corrected chi connectivity index (χ2v) is 6.24. The highest BCUT2D eigenvalue weighted by molar-refractivity contribution is 7.92. The van der Waals surface area contributed by atoms with E-state index in [9.17, 15) is 13.2 Å². The molecule has 0 spiro atoms. The van der Waals surface area contributed by atoms with E-state index >= 15 is 0 Å². The minimum absolute atomic E-state index is 0.0123. The molecule has 2 aromatic rings. The standard InChI is InChI=1S/C14H17N3O3S/c1-2-9-17-10-11(7-8-14(17)18)16-21(19,20)13-6-4-3-5-12(13)15/h3-8,10,16H,2,9,15H2,1H3. The first-order valence-electron chi connectivity index (χ1n) is 6.52. The molecule has 0 atom stereocenters. The summed E-state index contributed by atoms with van der Waals surface area (Å²) >= 11 is 0. The van der Waals surface area contributed by atoms with E-state index in [1.54, 1.807) is 12.1 Å². The Morgan fingerprint density at radius 3 is 2.57 bits per heavy atom. The molecule has 0 aliphatic carbocycles. The molecule has 7 heteroatoms. The van der Waals surface area contributed by atoms with Crippen LogP contribution in [0.25, 0.3) is 0 Å². The Balaban J connectivity index is 2.35. The number of aryl methyl sites for hydroxylation is 1. The third kappa shape index (κ3) is 3.43. The Kier molecular flexibility index (Phi) is 4.32. The lowest BCUT2D eigenvalue weighted by atomic mass is 10.3. The zero-order valence-corrected chi connectivity index (χ0v) is 12.4. The molecule has 0 saturated heterocycles. The van der Waals surface area contributed by atoms with Gasteiger partial charge < -0.3 is 10.3 Å². The average Bonchev–Trinajstić information content (AvgIpc) is 2.43. The first kappa shape index (κ1) is 15.1. The van der Waals surface area contributed by atoms with Crippen molar-refractivity contribution < 1.29 is 8.42 Å². The van der Waals surface area contributed by atoms with Gasteiger partial charge in [0, 0.05) is 18.8 Å². The largest absolute Gasteiger partial charge is 0.398 e. The summed E-state index contributed by atoms with van der Waals surface area (Å²) < 4.78 is 28.5. The van der Waals surface area contributed by atoms with Gasteiger partial charge in [0.15, 0.2) is 0 Å². The van der Waals surface area contributed by atoms with Gasteiger partial charge in [0.2, 0.25) is 0 Å². The molecule has 3 N–H and O–H groups in total. The van der Waals surface area contributed by atoms with Crippen molar-refractivity contribution >= 4 is 21.4 Å². The number of hydrogen-bond acceptors (Lipinski definition) is 4. The van der Waals surface area contributed by atoms with Crippen LogP contribution in [0.15, 0.2) is 52.3 Å². The number of sulfonamides is 1. The first-order chi connectivity index (χ1) is 9.94. The summed E-state index contributed by atoms with van der Waals surface area (Å²) in [4.78, 5) is 11.6. The van der Waals surface area contributed by atoms with Crippen LogP contribution < -0.4 is 16.0 Å². The number of nitrogens with zero attached hydrogens (tertiary/aromatic N) is 1. The lowest BCUT2D eigenvalue weighted by molar-refractivity contribution is 0.601. The Morgan fingerprint density at radius 2 is 1.90 bits per heavy atom. The number of benzene rings is 1. The molecule has 1 heterocycles. The van der Waals surface area contributed by atoms with Gasteiger partial charge in [0.1, 0.15) is 4.90 Å². The molecule has 0 bridgehead atoms. The lowest BCUT2D eigenvalue weighted by Crippen LogP contribution is -2.21. The van der Waals surface area contributed by atoms with Crippen molar-refractivity contribution in [1.29, 1.82) is 0 Å². The van der Waals surface area contributed by atoms with Crippen LogP contribution in [-0.2, 0) is 16.6 Å². The highest BCUT2D eigenvalue weighted by Gasteiger charge is 2.17. The summed E-state index contributed by atoms with van der Waals surface area (Å²) in [5, 5.41) is 0. The summed E-state index contributed by atoms with van der Waals surface area (Å²) in [6, 6.07) is 8.98. The number of para-hydroxylation sites is 1. The zero-order chi connectivity index (χ0) is 15.5. The van der Waals surface area contributed by atoms with Crippen LogP contribution in [0, 0.1) is 0 Å². The maximum Gasteiger partial charge on any atom is 0.263 e. The molecule has 6 nitrogen and oxygen atoms in total. The molecule has 21 heavy (non-hydrogen) atoms. The van der Waals surface area contributed by atoms with E-state index in [-0.39, 0.29) is 16.1 Å². The fraction of sp³-hybridized carbons (Fsp3) is 0.214. The lowest BCUT2D eigenvalue weighted by Gasteiger charge is -2.11. The third-order valence-electron chi connectivity index (χ3n) is 2.91. The molecule has 0 radical (unpaired) electrons. The minimum Gasteiger partial charge on any atom is -0.398 e. The quantitative estimate of drug-likeness (QED) is 0.821. The topological polar surface area (TPSA) is 94.2 Å². The van der Waals surface area contributed by atoms with Gasteiger partial charge in [-0.3, -0.25) is 9.52 Å². The molecular weight excluding hydrogens is 290 g/mol. The van der Waals surface area contributed by atoms with Gasteiger partial charge in [-0.15, -0.1) is 0 Å². The molecule has 2 rings (SSSR count). The number of hydrogen-bond donors (Lipinski definition) is 2. The summed E-state index contributed by atoms with van der Waals surface area (Å²) in [7, 11) is -3.78. The third-order valence-corrected chi connectivity index (χ3v) is 4.36. The minimum atomic E-state index is -3.78. The van der Waals surface area contributed by atoms with Crippen molar-refractivity contribution in [3.05, 3.63) is 52.9 Å². The smallest absolute Gasteiger partial charge is 0.263 e. The molecule has 1 aromatic carbocycles. The van der Waals surface area contributed by atoms with E-state index in [4.69, 9.17) is 5.73 Å². The van der Waals surface area contributed by atoms with Crippen LogP contribution in [0.4, 0.5) is 11.4 Å². The molecule has 0 unspecified atom stereocenters. The second-order valence-electron chi connectivity index (χ2n) is 4.59. The monoisotopic (exact) mass is 307 g/mol. The van der Waals surface area contributed by atoms with Crippen molar-refractivity contribution in [1.82, 2.24) is 4.57 Å². The average molecular weight is 307 g/mol. The van der Waals surface area contributed by atoms with E-state index in [0.29, 0.717) is 12.2 Å². The SMILES string of the molecule is CCCn1cc(NS(=O)(=O)c2ccccc2N)ccc1=O. The van der Waals surface area contributed by atoms with E-state index in [0.717, 1.165) is 6.42 Å². The molecule has 0 aliphatic heterocycles. The number of aromatic nitrogens is 1. The highest BCUT2D eigenvalue weighted by atomic mass is 32.2. The zero-order valence-electron chi connectivity index (χ0n) is 11.6. The summed E-state index contributed by atoms with van der Waals surface area (Å²) in [5.74, 6) is 0. The number of pyridine rings is 1. The first-order valence-corrected chi connectivity index (χ1v) is 8.00. The maximum atomic E-state index is 12.3. The fourth-order valence-electron chi connectivity index (χ4n) is 1.94. The number of rotatable bonds is 5. The summed E-state index contributed by atoms with van der Waals surface area (Å²) in [5.41, 5.74) is 6.02. The molecule has 0 amide bonds. The summed E-state index contributed by atoms with van der Waals surface area (Å²) in [6.45, 7) is 2.47. The van der Waals surface area contributed by atoms with Gasteiger partial charge in [0.05, 0.1) is 11.4 Å². The second kappa shape index (κ2) is 6.01. The Bertz CT molecular complexity index is 797. The van der Waals surface area contributed by atoms with Gasteiger partial charge in [0.25, 0.3) is 15.6 Å². The Labute approximate surface area is 123 Å². The van der Waals surface area contributed by atoms with Gasteiger partial charge in [-0.05, 0) is 24.6 Å². The van der Waals surface area contributed by atoms with E-state index in [1.807, 2.05) is 6.92 Å². The van der Waals surface area contributed by atoms with Crippen molar-refractivity contribution in [3.63, 3.8) is 0 Å². The molecule has 0 fully saturated rings. The van der Waals surface area contributed by atoms with Gasteiger partial charge >= 0.3 is 0 Å². The number of nitrogens with two attached hydrogens (primary N) is 1. The van der Waals surface area contributed by atoms with E-state index in [1.165, 1.54) is 35.0 Å². The van der Waals surface area contributed by atoms with Crippen LogP contribution in [0.2, 0.25) is 0 Å². The molecule has 0 aliphatic rings. The van der Waals surface area contributed by atoms with Crippen LogP contribution in [0.1, 0.15) is 13.3 Å². The normalized spacial score (nSPS) is 11.3. The van der Waals surface area contributed by atoms with Crippen LogP contribution >= 0.6 is 0 Å². The van der Waals surface area contributed by atoms with Crippen molar-refractivity contribution in [3.8, 4) is 0 Å². The van der Waals surface area contributed by atoms with Crippen molar-refractivity contribution in [2.24, 2.45) is 0 Å². The fourth-order valence-corrected chi connectivity index (χ4v) is 3.12. The van der Waals surface area contributed by atoms with Crippen molar-refractivity contribution in [2.45, 2.75) is 24.8 Å². The number of nitrogen functional groups attached to an aromatic ring is 1. The maximum absolute atomic E-state index is 12.3. The Morgan fingerprint density at radius 1 is 1.19 bits per heavy atom. The van der Waals surface area contributed by atoms with E-state index < -0.39 is 10.0 Å². The number of nitrogens with one attached hydrogen (secondary N) is 1. The molecule has 112 valence electrons. The summed E-state index contributed by atoms with van der Waals surface area (Å²) in [6.07, 6.45) is 2.27. The van der Waals surface area contributed by atoms with Gasteiger partial charge in [-0.1, -0.05) is 19.1 Å².